The number of methoxy groups -OCH3 is 1. The van der Waals surface area contributed by atoms with E-state index in [4.69, 9.17) is 4.74 Å². The number of thiazole rings is 1. The van der Waals surface area contributed by atoms with E-state index in [0.29, 0.717) is 5.69 Å². The van der Waals surface area contributed by atoms with E-state index < -0.39 is 25.5 Å². The average molecular weight is 405 g/mol. The van der Waals surface area contributed by atoms with Crippen LogP contribution in [0.2, 0.25) is 0 Å². The Morgan fingerprint density at radius 3 is 2.63 bits per heavy atom. The Kier molecular flexibility index (Phi) is 5.49. The Bertz CT molecular complexity index is 1070. The third-order valence-electron chi connectivity index (χ3n) is 3.67. The minimum atomic E-state index is -4.10. The molecule has 0 spiro atoms. The topological polar surface area (TPSA) is 111 Å². The van der Waals surface area contributed by atoms with Crippen molar-refractivity contribution in [1.29, 1.82) is 0 Å². The van der Waals surface area contributed by atoms with Gasteiger partial charge in [0.2, 0.25) is 10.0 Å². The number of sulfonamides is 1. The van der Waals surface area contributed by atoms with E-state index in [-0.39, 0.29) is 12.3 Å². The summed E-state index contributed by atoms with van der Waals surface area (Å²) in [6.07, 6.45) is 0. The number of hydrogen-bond donors (Lipinski definition) is 1. The van der Waals surface area contributed by atoms with Crippen LogP contribution in [0, 0.1) is 10.1 Å². The molecule has 3 rings (SSSR count). The highest BCUT2D eigenvalue weighted by Gasteiger charge is 2.26. The van der Waals surface area contributed by atoms with Gasteiger partial charge in [0.1, 0.15) is 10.8 Å². The van der Waals surface area contributed by atoms with E-state index in [9.17, 15) is 18.5 Å². The number of ether oxygens (including phenoxy) is 1. The number of nitrogens with one attached hydrogen (secondary N) is 1. The Labute approximate surface area is 159 Å². The minimum Gasteiger partial charge on any atom is -0.497 e. The van der Waals surface area contributed by atoms with Gasteiger partial charge in [-0.3, -0.25) is 10.1 Å². The molecule has 1 heterocycles. The van der Waals surface area contributed by atoms with Gasteiger partial charge in [0.25, 0.3) is 5.69 Å². The van der Waals surface area contributed by atoms with Gasteiger partial charge in [-0.2, -0.15) is 0 Å². The van der Waals surface area contributed by atoms with Crippen molar-refractivity contribution >= 4 is 27.0 Å². The summed E-state index contributed by atoms with van der Waals surface area (Å²) < 4.78 is 32.3. The van der Waals surface area contributed by atoms with Crippen molar-refractivity contribution in [2.75, 3.05) is 7.11 Å². The molecule has 0 unspecified atom stereocenters. The molecule has 0 aliphatic heterocycles. The predicted octanol–water partition coefficient (Wildman–Crippen LogP) is 3.21. The van der Waals surface area contributed by atoms with Crippen LogP contribution in [-0.4, -0.2) is 25.4 Å². The number of nitro benzene ring substituents is 1. The summed E-state index contributed by atoms with van der Waals surface area (Å²) in [5.74, 6) is 0.202. The molecule has 0 radical (unpaired) electrons. The highest BCUT2D eigenvalue weighted by Crippen LogP contribution is 2.28. The van der Waals surface area contributed by atoms with Crippen LogP contribution < -0.4 is 9.46 Å². The fourth-order valence-corrected chi connectivity index (χ4v) is 4.32. The molecule has 0 bridgehead atoms. The van der Waals surface area contributed by atoms with Crippen molar-refractivity contribution < 1.29 is 18.1 Å². The van der Waals surface area contributed by atoms with Crippen molar-refractivity contribution in [2.24, 2.45) is 0 Å². The first kappa shape index (κ1) is 19.0. The van der Waals surface area contributed by atoms with E-state index in [1.165, 1.54) is 24.5 Å². The molecule has 0 aliphatic rings. The third kappa shape index (κ3) is 4.30. The molecule has 10 heteroatoms. The van der Waals surface area contributed by atoms with E-state index in [2.05, 4.69) is 9.71 Å². The second-order valence-electron chi connectivity index (χ2n) is 5.43. The molecular weight excluding hydrogens is 390 g/mol. The highest BCUT2D eigenvalue weighted by molar-refractivity contribution is 7.89. The van der Waals surface area contributed by atoms with Gasteiger partial charge >= 0.3 is 0 Å². The molecule has 0 aliphatic carbocycles. The van der Waals surface area contributed by atoms with Crippen molar-refractivity contribution in [3.63, 3.8) is 0 Å². The highest BCUT2D eigenvalue weighted by atomic mass is 32.2. The molecule has 0 fully saturated rings. The van der Waals surface area contributed by atoms with Crippen LogP contribution in [-0.2, 0) is 16.6 Å². The fourth-order valence-electron chi connectivity index (χ4n) is 2.34. The first-order valence-corrected chi connectivity index (χ1v) is 10.1. The standard InChI is InChI=1S/C17H15N3O5S2/c1-25-14-7-8-16(15(9-14)20(21)22)27(23,24)18-10-13-11-26-17(19-13)12-5-3-2-4-6-12/h2-9,11,18H,10H2,1H3. The molecule has 1 N–H and O–H groups in total. The van der Waals surface area contributed by atoms with Gasteiger partial charge in [-0.15, -0.1) is 11.3 Å². The maximum atomic E-state index is 12.5. The molecule has 0 saturated heterocycles. The van der Waals surface area contributed by atoms with Gasteiger partial charge in [0.05, 0.1) is 30.3 Å². The molecule has 0 amide bonds. The fraction of sp³-hybridized carbons (Fsp3) is 0.118. The number of benzene rings is 2. The van der Waals surface area contributed by atoms with Crippen molar-refractivity contribution in [2.45, 2.75) is 11.4 Å². The van der Waals surface area contributed by atoms with E-state index >= 15 is 0 Å². The summed E-state index contributed by atoms with van der Waals surface area (Å²) in [5, 5.41) is 13.7. The van der Waals surface area contributed by atoms with Gasteiger partial charge in [0.15, 0.2) is 4.90 Å². The zero-order chi connectivity index (χ0) is 19.4. The SMILES string of the molecule is COc1ccc(S(=O)(=O)NCc2csc(-c3ccccc3)n2)c([N+](=O)[O-])c1. The van der Waals surface area contributed by atoms with E-state index in [1.807, 2.05) is 30.3 Å². The van der Waals surface area contributed by atoms with Crippen LogP contribution in [0.15, 0.2) is 58.8 Å². The lowest BCUT2D eigenvalue weighted by molar-refractivity contribution is -0.387. The predicted molar refractivity (Wildman–Crippen MR) is 101 cm³/mol. The molecule has 140 valence electrons. The monoisotopic (exact) mass is 405 g/mol. The molecule has 0 atom stereocenters. The minimum absolute atomic E-state index is 0.0746. The summed E-state index contributed by atoms with van der Waals surface area (Å²) >= 11 is 1.39. The van der Waals surface area contributed by atoms with Crippen LogP contribution in [0.5, 0.6) is 5.75 Å². The second kappa shape index (κ2) is 7.82. The van der Waals surface area contributed by atoms with Gasteiger partial charge in [-0.05, 0) is 12.1 Å². The van der Waals surface area contributed by atoms with Crippen molar-refractivity contribution in [3.8, 4) is 16.3 Å². The Balaban J connectivity index is 1.80. The van der Waals surface area contributed by atoms with E-state index in [1.54, 1.807) is 5.38 Å². The average Bonchev–Trinajstić information content (AvgIpc) is 3.16. The summed E-state index contributed by atoms with van der Waals surface area (Å²) in [6, 6.07) is 13.1. The summed E-state index contributed by atoms with van der Waals surface area (Å²) in [4.78, 5) is 14.4. The molecule has 2 aromatic carbocycles. The summed E-state index contributed by atoms with van der Waals surface area (Å²) in [6.45, 7) is -0.0746. The molecule has 27 heavy (non-hydrogen) atoms. The third-order valence-corrected chi connectivity index (χ3v) is 6.06. The smallest absolute Gasteiger partial charge is 0.293 e. The first-order chi connectivity index (χ1) is 12.9. The number of aromatic nitrogens is 1. The second-order valence-corrected chi connectivity index (χ2v) is 8.02. The Morgan fingerprint density at radius 2 is 1.96 bits per heavy atom. The van der Waals surface area contributed by atoms with Crippen LogP contribution in [0.4, 0.5) is 5.69 Å². The largest absolute Gasteiger partial charge is 0.497 e. The molecular formula is C17H15N3O5S2. The number of nitro groups is 1. The lowest BCUT2D eigenvalue weighted by Crippen LogP contribution is -2.24. The maximum Gasteiger partial charge on any atom is 0.293 e. The maximum absolute atomic E-state index is 12.5. The van der Waals surface area contributed by atoms with Gasteiger partial charge in [-0.1, -0.05) is 30.3 Å². The van der Waals surface area contributed by atoms with Gasteiger partial charge < -0.3 is 4.74 Å². The lowest BCUT2D eigenvalue weighted by atomic mass is 10.2. The van der Waals surface area contributed by atoms with Crippen molar-refractivity contribution in [3.05, 3.63) is 69.7 Å². The number of rotatable bonds is 7. The zero-order valence-corrected chi connectivity index (χ0v) is 15.8. The Hall–Kier alpha value is -2.82. The molecule has 8 nitrogen and oxygen atoms in total. The number of hydrogen-bond acceptors (Lipinski definition) is 7. The van der Waals surface area contributed by atoms with Gasteiger partial charge in [-0.25, -0.2) is 18.1 Å². The molecule has 0 saturated carbocycles. The summed E-state index contributed by atoms with van der Waals surface area (Å²) in [7, 11) is -2.75. The lowest BCUT2D eigenvalue weighted by Gasteiger charge is -2.07. The van der Waals surface area contributed by atoms with Crippen molar-refractivity contribution in [1.82, 2.24) is 9.71 Å². The normalized spacial score (nSPS) is 11.3. The Morgan fingerprint density at radius 1 is 1.22 bits per heavy atom. The molecule has 3 aromatic rings. The van der Waals surface area contributed by atoms with Crippen LogP contribution >= 0.6 is 11.3 Å². The van der Waals surface area contributed by atoms with Crippen LogP contribution in [0.3, 0.4) is 0 Å². The molecule has 1 aromatic heterocycles. The quantitative estimate of drug-likeness (QED) is 0.477. The first-order valence-electron chi connectivity index (χ1n) is 7.72. The zero-order valence-electron chi connectivity index (χ0n) is 14.2. The van der Waals surface area contributed by atoms with E-state index in [0.717, 1.165) is 22.7 Å². The van der Waals surface area contributed by atoms with Crippen LogP contribution in [0.1, 0.15) is 5.69 Å². The summed E-state index contributed by atoms with van der Waals surface area (Å²) in [5.41, 5.74) is 0.908. The van der Waals surface area contributed by atoms with Gasteiger partial charge in [0, 0.05) is 10.9 Å². The number of nitrogens with zero attached hydrogens (tertiary/aromatic N) is 2. The van der Waals surface area contributed by atoms with Crippen LogP contribution in [0.25, 0.3) is 10.6 Å².